The Morgan fingerprint density at radius 2 is 1.91 bits per heavy atom. The highest BCUT2D eigenvalue weighted by Crippen LogP contribution is 2.39. The lowest BCUT2D eigenvalue weighted by molar-refractivity contribution is -0.185. The maximum Gasteiger partial charge on any atom is 0.391 e. The van der Waals surface area contributed by atoms with Crippen LogP contribution in [0.2, 0.25) is 0 Å². The van der Waals surface area contributed by atoms with Crippen molar-refractivity contribution in [3.63, 3.8) is 0 Å². The zero-order valence-corrected chi connectivity index (χ0v) is 12.7. The quantitative estimate of drug-likeness (QED) is 0.817. The molecule has 1 saturated carbocycles. The molecule has 1 aromatic rings. The number of nitrogen functional groups attached to an aromatic ring is 1. The molecule has 22 heavy (non-hydrogen) atoms. The van der Waals surface area contributed by atoms with Crippen LogP contribution in [0.5, 0.6) is 5.75 Å². The number of alkyl halides is 3. The smallest absolute Gasteiger partial charge is 0.391 e. The summed E-state index contributed by atoms with van der Waals surface area (Å²) in [5.41, 5.74) is 7.64. The van der Waals surface area contributed by atoms with Crippen molar-refractivity contribution in [2.45, 2.75) is 44.4 Å². The lowest BCUT2D eigenvalue weighted by atomic mass is 9.87. The van der Waals surface area contributed by atoms with Gasteiger partial charge < -0.3 is 15.8 Å². The molecule has 0 saturated heterocycles. The second-order valence-corrected chi connectivity index (χ2v) is 5.86. The number of halogens is 3. The van der Waals surface area contributed by atoms with Crippen LogP contribution in [-0.2, 0) is 6.42 Å². The van der Waals surface area contributed by atoms with E-state index in [2.05, 4.69) is 5.32 Å². The van der Waals surface area contributed by atoms with E-state index in [1.807, 2.05) is 25.2 Å². The van der Waals surface area contributed by atoms with Gasteiger partial charge in [-0.2, -0.15) is 13.2 Å². The molecule has 1 aliphatic rings. The zero-order valence-electron chi connectivity index (χ0n) is 12.7. The minimum atomic E-state index is -4.08. The SMILES string of the molecule is CNCCc1ccc(OC2CCC(C(F)(F)F)CC2)c(N)c1. The van der Waals surface area contributed by atoms with E-state index in [-0.39, 0.29) is 18.9 Å². The number of nitrogens with two attached hydrogens (primary N) is 1. The monoisotopic (exact) mass is 316 g/mol. The number of ether oxygens (including phenoxy) is 1. The maximum atomic E-state index is 12.6. The summed E-state index contributed by atoms with van der Waals surface area (Å²) in [4.78, 5) is 0. The molecule has 0 amide bonds. The predicted molar refractivity (Wildman–Crippen MR) is 80.9 cm³/mol. The summed E-state index contributed by atoms with van der Waals surface area (Å²) in [6.07, 6.45) is -2.28. The summed E-state index contributed by atoms with van der Waals surface area (Å²) in [6.45, 7) is 0.862. The molecule has 0 aliphatic heterocycles. The number of hydrogen-bond donors (Lipinski definition) is 2. The lowest BCUT2D eigenvalue weighted by Crippen LogP contribution is -2.32. The molecule has 0 atom stereocenters. The molecule has 0 unspecified atom stereocenters. The van der Waals surface area contributed by atoms with Crippen molar-refractivity contribution >= 4 is 5.69 Å². The third kappa shape index (κ3) is 4.53. The summed E-state index contributed by atoms with van der Waals surface area (Å²) in [6, 6.07) is 5.63. The summed E-state index contributed by atoms with van der Waals surface area (Å²) < 4.78 is 43.7. The van der Waals surface area contributed by atoms with Crippen LogP contribution in [0.1, 0.15) is 31.2 Å². The van der Waals surface area contributed by atoms with Gasteiger partial charge in [-0.15, -0.1) is 0 Å². The molecule has 0 radical (unpaired) electrons. The van der Waals surface area contributed by atoms with Crippen LogP contribution in [0.15, 0.2) is 18.2 Å². The van der Waals surface area contributed by atoms with Crippen molar-refractivity contribution in [3.05, 3.63) is 23.8 Å². The molecule has 0 heterocycles. The van der Waals surface area contributed by atoms with Crippen LogP contribution >= 0.6 is 0 Å². The first-order chi connectivity index (χ1) is 10.4. The van der Waals surface area contributed by atoms with Crippen molar-refractivity contribution in [1.29, 1.82) is 0 Å². The Balaban J connectivity index is 1.89. The van der Waals surface area contributed by atoms with Gasteiger partial charge in [0.2, 0.25) is 0 Å². The highest BCUT2D eigenvalue weighted by Gasteiger charge is 2.41. The van der Waals surface area contributed by atoms with E-state index in [9.17, 15) is 13.2 Å². The first-order valence-corrected chi connectivity index (χ1v) is 7.66. The average Bonchev–Trinajstić information content (AvgIpc) is 2.47. The molecule has 124 valence electrons. The first kappa shape index (κ1) is 16.9. The maximum absolute atomic E-state index is 12.6. The van der Waals surface area contributed by atoms with Gasteiger partial charge in [0.15, 0.2) is 0 Å². The van der Waals surface area contributed by atoms with Gasteiger partial charge in [0.25, 0.3) is 0 Å². The number of rotatable bonds is 5. The van der Waals surface area contributed by atoms with E-state index in [4.69, 9.17) is 10.5 Å². The predicted octanol–water partition coefficient (Wildman–Crippen LogP) is 3.53. The van der Waals surface area contributed by atoms with Crippen LogP contribution in [0, 0.1) is 5.92 Å². The molecular formula is C16H23F3N2O. The fourth-order valence-electron chi connectivity index (χ4n) is 2.82. The van der Waals surface area contributed by atoms with Gasteiger partial charge in [0, 0.05) is 0 Å². The van der Waals surface area contributed by atoms with Crippen LogP contribution < -0.4 is 15.8 Å². The Labute approximate surface area is 129 Å². The second-order valence-electron chi connectivity index (χ2n) is 5.86. The second kappa shape index (κ2) is 7.22. The first-order valence-electron chi connectivity index (χ1n) is 7.66. The highest BCUT2D eigenvalue weighted by atomic mass is 19.4. The van der Waals surface area contributed by atoms with E-state index in [1.54, 1.807) is 0 Å². The van der Waals surface area contributed by atoms with Gasteiger partial charge in [-0.25, -0.2) is 0 Å². The topological polar surface area (TPSA) is 47.3 Å². The van der Waals surface area contributed by atoms with Gasteiger partial charge in [0.05, 0.1) is 17.7 Å². The van der Waals surface area contributed by atoms with E-state index >= 15 is 0 Å². The Hall–Kier alpha value is -1.43. The van der Waals surface area contributed by atoms with Gasteiger partial charge >= 0.3 is 6.18 Å². The largest absolute Gasteiger partial charge is 0.488 e. The molecular weight excluding hydrogens is 293 g/mol. The lowest BCUT2D eigenvalue weighted by Gasteiger charge is -2.30. The fourth-order valence-corrected chi connectivity index (χ4v) is 2.82. The summed E-state index contributed by atoms with van der Waals surface area (Å²) >= 11 is 0. The summed E-state index contributed by atoms with van der Waals surface area (Å²) in [7, 11) is 1.89. The Morgan fingerprint density at radius 3 is 2.45 bits per heavy atom. The van der Waals surface area contributed by atoms with E-state index in [0.29, 0.717) is 24.3 Å². The van der Waals surface area contributed by atoms with Crippen molar-refractivity contribution in [2.24, 2.45) is 5.92 Å². The molecule has 3 nitrogen and oxygen atoms in total. The molecule has 2 rings (SSSR count). The van der Waals surface area contributed by atoms with Crippen molar-refractivity contribution in [1.82, 2.24) is 5.32 Å². The molecule has 1 aliphatic carbocycles. The minimum Gasteiger partial charge on any atom is -0.488 e. The third-order valence-corrected chi connectivity index (χ3v) is 4.17. The zero-order chi connectivity index (χ0) is 16.2. The molecule has 0 spiro atoms. The Kier molecular flexibility index (Phi) is 5.56. The Morgan fingerprint density at radius 1 is 1.23 bits per heavy atom. The molecule has 0 aromatic heterocycles. The van der Waals surface area contributed by atoms with Gasteiger partial charge in [-0.3, -0.25) is 0 Å². The molecule has 3 N–H and O–H groups in total. The van der Waals surface area contributed by atoms with Gasteiger partial charge in [-0.1, -0.05) is 6.07 Å². The molecule has 0 bridgehead atoms. The van der Waals surface area contributed by atoms with Crippen LogP contribution in [0.4, 0.5) is 18.9 Å². The summed E-state index contributed by atoms with van der Waals surface area (Å²) in [5, 5.41) is 3.07. The Bertz CT molecular complexity index is 483. The van der Waals surface area contributed by atoms with Crippen molar-refractivity contribution in [3.8, 4) is 5.75 Å². The van der Waals surface area contributed by atoms with Crippen LogP contribution in [-0.4, -0.2) is 25.9 Å². The number of benzene rings is 1. The number of nitrogens with one attached hydrogen (secondary N) is 1. The van der Waals surface area contributed by atoms with Crippen molar-refractivity contribution in [2.75, 3.05) is 19.3 Å². The fraction of sp³-hybridized carbons (Fsp3) is 0.625. The minimum absolute atomic E-state index is 0.133. The number of likely N-dealkylation sites (N-methyl/N-ethyl adjacent to an activating group) is 1. The van der Waals surface area contributed by atoms with Crippen molar-refractivity contribution < 1.29 is 17.9 Å². The summed E-state index contributed by atoms with van der Waals surface area (Å²) in [5.74, 6) is -0.614. The third-order valence-electron chi connectivity index (χ3n) is 4.17. The van der Waals surface area contributed by atoms with Gasteiger partial charge in [-0.05, 0) is 63.4 Å². The van der Waals surface area contributed by atoms with E-state index < -0.39 is 12.1 Å². The molecule has 1 fully saturated rings. The molecule has 6 heteroatoms. The average molecular weight is 316 g/mol. The van der Waals surface area contributed by atoms with E-state index in [0.717, 1.165) is 18.5 Å². The van der Waals surface area contributed by atoms with Gasteiger partial charge in [0.1, 0.15) is 5.75 Å². The number of anilines is 1. The van der Waals surface area contributed by atoms with E-state index in [1.165, 1.54) is 0 Å². The van der Waals surface area contributed by atoms with Crippen LogP contribution in [0.25, 0.3) is 0 Å². The molecule has 1 aromatic carbocycles. The highest BCUT2D eigenvalue weighted by molar-refractivity contribution is 5.54. The standard InChI is InChI=1S/C16H23F3N2O/c1-21-9-8-11-2-7-15(14(20)10-11)22-13-5-3-12(4-6-13)16(17,18)19/h2,7,10,12-13,21H,3-6,8-9,20H2,1H3. The van der Waals surface area contributed by atoms with Crippen LogP contribution in [0.3, 0.4) is 0 Å². The number of hydrogen-bond acceptors (Lipinski definition) is 3. The normalized spacial score (nSPS) is 22.5.